The zero-order valence-corrected chi connectivity index (χ0v) is 20.7. The number of amides is 3. The first-order valence-corrected chi connectivity index (χ1v) is 12.2. The quantitative estimate of drug-likeness (QED) is 0.370. The fourth-order valence-corrected chi connectivity index (χ4v) is 4.39. The maximum Gasteiger partial charge on any atom is 0.294 e. The second-order valence-corrected chi connectivity index (χ2v) is 9.54. The van der Waals surface area contributed by atoms with E-state index in [1.54, 1.807) is 60.7 Å². The van der Waals surface area contributed by atoms with Crippen molar-refractivity contribution in [1.29, 1.82) is 0 Å². The molecule has 0 spiro atoms. The SMILES string of the molecule is CC(C)c1ccc(NC(=O)CN2C(=O)S/C(=C/c3cccc(OCc4ccccc4F)c3)C2=O)cc1. The number of hydrogen-bond acceptors (Lipinski definition) is 5. The first kappa shape index (κ1) is 25.2. The summed E-state index contributed by atoms with van der Waals surface area (Å²) in [5, 5.41) is 2.21. The van der Waals surface area contributed by atoms with Crippen molar-refractivity contribution >= 4 is 40.6 Å². The molecule has 0 unspecified atom stereocenters. The molecule has 184 valence electrons. The van der Waals surface area contributed by atoms with Crippen molar-refractivity contribution in [3.05, 3.63) is 100 Å². The van der Waals surface area contributed by atoms with Gasteiger partial charge in [-0.25, -0.2) is 4.39 Å². The Labute approximate surface area is 213 Å². The number of hydrogen-bond donors (Lipinski definition) is 1. The largest absolute Gasteiger partial charge is 0.489 e. The minimum atomic E-state index is -0.534. The third kappa shape index (κ3) is 6.20. The number of anilines is 1. The average Bonchev–Trinajstić information content (AvgIpc) is 3.11. The summed E-state index contributed by atoms with van der Waals surface area (Å²) in [5.74, 6) is -0.476. The normalized spacial score (nSPS) is 14.6. The van der Waals surface area contributed by atoms with Crippen molar-refractivity contribution in [2.75, 3.05) is 11.9 Å². The zero-order chi connectivity index (χ0) is 25.7. The molecule has 0 saturated carbocycles. The number of ether oxygens (including phenoxy) is 1. The van der Waals surface area contributed by atoms with E-state index in [4.69, 9.17) is 4.74 Å². The van der Waals surface area contributed by atoms with Crippen molar-refractivity contribution in [3.63, 3.8) is 0 Å². The van der Waals surface area contributed by atoms with E-state index in [1.807, 2.05) is 12.1 Å². The van der Waals surface area contributed by atoms with Crippen molar-refractivity contribution in [2.45, 2.75) is 26.4 Å². The maximum absolute atomic E-state index is 13.8. The molecule has 0 aliphatic carbocycles. The standard InChI is InChI=1S/C28H25FN2O4S/c1-18(2)20-10-12-22(13-11-20)30-26(32)16-31-27(33)25(36-28(31)34)15-19-6-5-8-23(14-19)35-17-21-7-3-4-9-24(21)29/h3-15,18H,16-17H2,1-2H3,(H,30,32)/b25-15+. The van der Waals surface area contributed by atoms with E-state index < -0.39 is 17.1 Å². The van der Waals surface area contributed by atoms with Crippen LogP contribution in [0.25, 0.3) is 6.08 Å². The number of carbonyl (C=O) groups excluding carboxylic acids is 3. The molecule has 3 aromatic rings. The number of carbonyl (C=O) groups is 3. The van der Waals surface area contributed by atoms with Crippen LogP contribution in [0.4, 0.5) is 14.9 Å². The molecule has 8 heteroatoms. The van der Waals surface area contributed by atoms with Gasteiger partial charge in [0.15, 0.2) is 0 Å². The van der Waals surface area contributed by atoms with Gasteiger partial charge in [-0.1, -0.05) is 56.3 Å². The summed E-state index contributed by atoms with van der Waals surface area (Å²) in [4.78, 5) is 38.9. The third-order valence-electron chi connectivity index (χ3n) is 5.54. The lowest BCUT2D eigenvalue weighted by Crippen LogP contribution is -2.36. The van der Waals surface area contributed by atoms with Crippen molar-refractivity contribution in [3.8, 4) is 5.75 Å². The lowest BCUT2D eigenvalue weighted by Gasteiger charge is -2.13. The molecule has 1 N–H and O–H groups in total. The van der Waals surface area contributed by atoms with Crippen molar-refractivity contribution in [1.82, 2.24) is 4.90 Å². The number of rotatable bonds is 8. The molecule has 0 aromatic heterocycles. The lowest BCUT2D eigenvalue weighted by atomic mass is 10.0. The minimum Gasteiger partial charge on any atom is -0.489 e. The first-order chi connectivity index (χ1) is 17.3. The van der Waals surface area contributed by atoms with Gasteiger partial charge >= 0.3 is 0 Å². The van der Waals surface area contributed by atoms with Gasteiger partial charge in [0.05, 0.1) is 4.91 Å². The molecular weight excluding hydrogens is 479 g/mol. The highest BCUT2D eigenvalue weighted by Crippen LogP contribution is 2.32. The van der Waals surface area contributed by atoms with E-state index >= 15 is 0 Å². The number of thioether (sulfide) groups is 1. The molecule has 1 saturated heterocycles. The molecule has 0 bridgehead atoms. The van der Waals surface area contributed by atoms with E-state index in [-0.39, 0.29) is 23.9 Å². The summed E-state index contributed by atoms with van der Waals surface area (Å²) >= 11 is 0.776. The second-order valence-electron chi connectivity index (χ2n) is 8.55. The van der Waals surface area contributed by atoms with Crippen LogP contribution in [0.15, 0.2) is 77.7 Å². The fraction of sp³-hybridized carbons (Fsp3) is 0.179. The van der Waals surface area contributed by atoms with E-state index in [2.05, 4.69) is 19.2 Å². The molecule has 1 fully saturated rings. The summed E-state index contributed by atoms with van der Waals surface area (Å²) in [5.41, 5.74) is 2.81. The maximum atomic E-state index is 13.8. The molecule has 1 aliphatic rings. The van der Waals surface area contributed by atoms with Crippen LogP contribution in [0.2, 0.25) is 0 Å². The summed E-state index contributed by atoms with van der Waals surface area (Å²) in [6.45, 7) is 3.84. The van der Waals surface area contributed by atoms with Crippen LogP contribution in [-0.2, 0) is 16.2 Å². The number of nitrogens with zero attached hydrogens (tertiary/aromatic N) is 1. The number of benzene rings is 3. The van der Waals surface area contributed by atoms with Gasteiger partial charge in [0, 0.05) is 11.3 Å². The van der Waals surface area contributed by atoms with Crippen LogP contribution in [-0.4, -0.2) is 28.5 Å². The molecule has 6 nitrogen and oxygen atoms in total. The Kier molecular flexibility index (Phi) is 7.85. The Morgan fingerprint density at radius 2 is 1.81 bits per heavy atom. The third-order valence-corrected chi connectivity index (χ3v) is 6.45. The highest BCUT2D eigenvalue weighted by Gasteiger charge is 2.36. The molecule has 1 aliphatic heterocycles. The molecule has 3 aromatic carbocycles. The predicted molar refractivity (Wildman–Crippen MR) is 139 cm³/mol. The van der Waals surface area contributed by atoms with Crippen LogP contribution in [0, 0.1) is 5.82 Å². The van der Waals surface area contributed by atoms with Gasteiger partial charge in [0.2, 0.25) is 5.91 Å². The van der Waals surface area contributed by atoms with Gasteiger partial charge in [-0.3, -0.25) is 19.3 Å². The van der Waals surface area contributed by atoms with Crippen LogP contribution in [0.3, 0.4) is 0 Å². The topological polar surface area (TPSA) is 75.7 Å². The predicted octanol–water partition coefficient (Wildman–Crippen LogP) is 6.20. The van der Waals surface area contributed by atoms with Crippen molar-refractivity contribution in [2.24, 2.45) is 0 Å². The smallest absolute Gasteiger partial charge is 0.294 e. The first-order valence-electron chi connectivity index (χ1n) is 11.4. The van der Waals surface area contributed by atoms with Gasteiger partial charge in [-0.15, -0.1) is 0 Å². The van der Waals surface area contributed by atoms with Crippen LogP contribution < -0.4 is 10.1 Å². The summed E-state index contributed by atoms with van der Waals surface area (Å²) in [6, 6.07) is 20.7. The monoisotopic (exact) mass is 504 g/mol. The second kappa shape index (κ2) is 11.2. The van der Waals surface area contributed by atoms with Gasteiger partial charge in [-0.05, 0) is 65.2 Å². The fourth-order valence-electron chi connectivity index (χ4n) is 3.55. The molecule has 1 heterocycles. The molecular formula is C28H25FN2O4S. The Balaban J connectivity index is 1.38. The van der Waals surface area contributed by atoms with E-state index in [0.29, 0.717) is 28.5 Å². The summed E-state index contributed by atoms with van der Waals surface area (Å²) in [6.07, 6.45) is 1.57. The molecule has 0 radical (unpaired) electrons. The van der Waals surface area contributed by atoms with E-state index in [0.717, 1.165) is 22.2 Å². The lowest BCUT2D eigenvalue weighted by molar-refractivity contribution is -0.127. The highest BCUT2D eigenvalue weighted by atomic mass is 32.2. The van der Waals surface area contributed by atoms with Crippen LogP contribution in [0.1, 0.15) is 36.5 Å². The average molecular weight is 505 g/mol. The van der Waals surface area contributed by atoms with Crippen LogP contribution >= 0.6 is 11.8 Å². The van der Waals surface area contributed by atoms with Gasteiger partial charge in [0.25, 0.3) is 11.1 Å². The Morgan fingerprint density at radius 3 is 2.53 bits per heavy atom. The molecule has 4 rings (SSSR count). The number of imide groups is 1. The minimum absolute atomic E-state index is 0.0575. The van der Waals surface area contributed by atoms with Gasteiger partial charge in [0.1, 0.15) is 24.7 Å². The van der Waals surface area contributed by atoms with Crippen LogP contribution in [0.5, 0.6) is 5.75 Å². The molecule has 3 amide bonds. The zero-order valence-electron chi connectivity index (χ0n) is 19.9. The number of nitrogens with one attached hydrogen (secondary N) is 1. The Hall–Kier alpha value is -3.91. The van der Waals surface area contributed by atoms with E-state index in [9.17, 15) is 18.8 Å². The molecule has 36 heavy (non-hydrogen) atoms. The number of halogens is 1. The summed E-state index contributed by atoms with van der Waals surface area (Å²) in [7, 11) is 0. The van der Waals surface area contributed by atoms with E-state index in [1.165, 1.54) is 6.07 Å². The Morgan fingerprint density at radius 1 is 1.06 bits per heavy atom. The Bertz CT molecular complexity index is 1320. The van der Waals surface area contributed by atoms with Crippen molar-refractivity contribution < 1.29 is 23.5 Å². The van der Waals surface area contributed by atoms with Gasteiger partial charge < -0.3 is 10.1 Å². The highest BCUT2D eigenvalue weighted by molar-refractivity contribution is 8.18. The molecule has 0 atom stereocenters. The van der Waals surface area contributed by atoms with Gasteiger partial charge in [-0.2, -0.15) is 0 Å². The summed E-state index contributed by atoms with van der Waals surface area (Å²) < 4.78 is 19.5.